The lowest BCUT2D eigenvalue weighted by molar-refractivity contribution is 0.116. The summed E-state index contributed by atoms with van der Waals surface area (Å²) < 4.78 is 5.38. The number of rotatable bonds is 3. The molecule has 0 saturated carbocycles. The van der Waals surface area contributed by atoms with Gasteiger partial charge >= 0.3 is 6.03 Å². The number of hydrogen-bond acceptors (Lipinski definition) is 4. The summed E-state index contributed by atoms with van der Waals surface area (Å²) in [6.45, 7) is 3.88. The van der Waals surface area contributed by atoms with Crippen LogP contribution >= 0.6 is 0 Å². The second-order valence-corrected chi connectivity index (χ2v) is 5.41. The van der Waals surface area contributed by atoms with E-state index in [0.717, 1.165) is 37.5 Å². The van der Waals surface area contributed by atoms with Crippen molar-refractivity contribution < 1.29 is 9.53 Å². The van der Waals surface area contributed by atoms with Gasteiger partial charge in [0.1, 0.15) is 5.75 Å². The van der Waals surface area contributed by atoms with Gasteiger partial charge < -0.3 is 15.0 Å². The smallest absolute Gasteiger partial charge is 0.317 e. The van der Waals surface area contributed by atoms with Crippen molar-refractivity contribution in [1.82, 2.24) is 15.1 Å². The summed E-state index contributed by atoms with van der Waals surface area (Å²) in [5.41, 5.74) is 1.66. The van der Waals surface area contributed by atoms with Gasteiger partial charge in [-0.3, -0.25) is 4.90 Å². The van der Waals surface area contributed by atoms with E-state index in [2.05, 4.69) is 16.3 Å². The number of nitrogens with zero attached hydrogens (tertiary/aromatic N) is 3. The predicted octanol–water partition coefficient (Wildman–Crippen LogP) is 0.776. The second kappa shape index (κ2) is 5.62. The topological polar surface area (TPSA) is 68.6 Å². The lowest BCUT2D eigenvalue weighted by atomic mass is 10.1. The van der Waals surface area contributed by atoms with E-state index in [1.54, 1.807) is 13.2 Å². The van der Waals surface area contributed by atoms with Crippen molar-refractivity contribution in [1.29, 1.82) is 5.26 Å². The second-order valence-electron chi connectivity index (χ2n) is 5.41. The SMILES string of the molecule is COc1ccc(C#N)cc1CN1CCN2C(=O)NC[C@@H]2C1. The molecule has 2 aliphatic rings. The van der Waals surface area contributed by atoms with Crippen LogP contribution in [0.5, 0.6) is 5.75 Å². The number of carbonyl (C=O) groups is 1. The van der Waals surface area contributed by atoms with Crippen LogP contribution in [0.25, 0.3) is 0 Å². The standard InChI is InChI=1S/C15H18N4O2/c1-21-14-3-2-11(7-16)6-12(14)9-18-4-5-19-13(10-18)8-17-15(19)20/h2-3,6,13H,4-5,8-10H2,1H3,(H,17,20)/t13-/m1/s1. The van der Waals surface area contributed by atoms with E-state index in [1.807, 2.05) is 17.0 Å². The molecule has 0 spiro atoms. The van der Waals surface area contributed by atoms with E-state index in [0.29, 0.717) is 12.1 Å². The number of nitrogens with one attached hydrogen (secondary N) is 1. The first-order valence-electron chi connectivity index (χ1n) is 7.05. The molecule has 2 heterocycles. The van der Waals surface area contributed by atoms with Crippen LogP contribution in [0.15, 0.2) is 18.2 Å². The lowest BCUT2D eigenvalue weighted by Gasteiger charge is -2.36. The highest BCUT2D eigenvalue weighted by atomic mass is 16.5. The van der Waals surface area contributed by atoms with Crippen molar-refractivity contribution in [2.45, 2.75) is 12.6 Å². The summed E-state index contributed by atoms with van der Waals surface area (Å²) in [5, 5.41) is 11.9. The van der Waals surface area contributed by atoms with Crippen molar-refractivity contribution in [3.05, 3.63) is 29.3 Å². The molecule has 0 aromatic heterocycles. The van der Waals surface area contributed by atoms with Gasteiger partial charge in [0.05, 0.1) is 24.8 Å². The van der Waals surface area contributed by atoms with Gasteiger partial charge in [0.2, 0.25) is 0 Å². The lowest BCUT2D eigenvalue weighted by Crippen LogP contribution is -2.51. The number of benzene rings is 1. The van der Waals surface area contributed by atoms with Crippen LogP contribution in [0.2, 0.25) is 0 Å². The zero-order chi connectivity index (χ0) is 14.8. The third-order valence-corrected chi connectivity index (χ3v) is 4.12. The molecule has 2 amide bonds. The molecule has 1 atom stereocenters. The van der Waals surface area contributed by atoms with Gasteiger partial charge in [0.25, 0.3) is 0 Å². The van der Waals surface area contributed by atoms with E-state index >= 15 is 0 Å². The molecule has 2 fully saturated rings. The third kappa shape index (κ3) is 2.65. The number of urea groups is 1. The Morgan fingerprint density at radius 3 is 3.10 bits per heavy atom. The number of methoxy groups -OCH3 is 1. The van der Waals surface area contributed by atoms with Gasteiger partial charge in [-0.1, -0.05) is 0 Å². The van der Waals surface area contributed by atoms with Crippen molar-refractivity contribution in [2.75, 3.05) is 33.3 Å². The van der Waals surface area contributed by atoms with Crippen LogP contribution in [0, 0.1) is 11.3 Å². The van der Waals surface area contributed by atoms with Crippen molar-refractivity contribution in [2.24, 2.45) is 0 Å². The van der Waals surface area contributed by atoms with E-state index in [1.165, 1.54) is 0 Å². The molecular formula is C15H18N4O2. The summed E-state index contributed by atoms with van der Waals surface area (Å²) in [5.74, 6) is 0.803. The molecule has 3 rings (SSSR count). The Morgan fingerprint density at radius 2 is 2.33 bits per heavy atom. The van der Waals surface area contributed by atoms with E-state index < -0.39 is 0 Å². The normalized spacial score (nSPS) is 21.6. The largest absolute Gasteiger partial charge is 0.496 e. The van der Waals surface area contributed by atoms with Crippen LogP contribution in [0.4, 0.5) is 4.79 Å². The minimum atomic E-state index is 0.0451. The maximum Gasteiger partial charge on any atom is 0.317 e. The zero-order valence-electron chi connectivity index (χ0n) is 12.0. The molecule has 1 aromatic rings. The monoisotopic (exact) mass is 286 g/mol. The van der Waals surface area contributed by atoms with E-state index in [-0.39, 0.29) is 12.1 Å². The highest BCUT2D eigenvalue weighted by molar-refractivity contribution is 5.77. The molecule has 110 valence electrons. The minimum Gasteiger partial charge on any atom is -0.496 e. The average Bonchev–Trinajstić information content (AvgIpc) is 2.88. The number of amides is 2. The maximum absolute atomic E-state index is 11.6. The first-order valence-corrected chi connectivity index (χ1v) is 7.05. The molecule has 21 heavy (non-hydrogen) atoms. The number of ether oxygens (including phenoxy) is 1. The Bertz CT molecular complexity index is 596. The summed E-state index contributed by atoms with van der Waals surface area (Å²) in [6, 6.07) is 7.93. The fraction of sp³-hybridized carbons (Fsp3) is 0.467. The number of fused-ring (bicyclic) bond motifs is 1. The Balaban J connectivity index is 1.72. The maximum atomic E-state index is 11.6. The van der Waals surface area contributed by atoms with Crippen molar-refractivity contribution >= 4 is 6.03 Å². The van der Waals surface area contributed by atoms with Crippen LogP contribution in [0.1, 0.15) is 11.1 Å². The Hall–Kier alpha value is -2.26. The zero-order valence-corrected chi connectivity index (χ0v) is 12.0. The average molecular weight is 286 g/mol. The van der Waals surface area contributed by atoms with Gasteiger partial charge in [-0.15, -0.1) is 0 Å². The minimum absolute atomic E-state index is 0.0451. The van der Waals surface area contributed by atoms with Gasteiger partial charge in [0, 0.05) is 38.3 Å². The quantitative estimate of drug-likeness (QED) is 0.891. The number of piperazine rings is 1. The molecule has 0 bridgehead atoms. The van der Waals surface area contributed by atoms with Crippen molar-refractivity contribution in [3.63, 3.8) is 0 Å². The highest BCUT2D eigenvalue weighted by Gasteiger charge is 2.35. The first kappa shape index (κ1) is 13.7. The molecule has 0 aliphatic carbocycles. The molecule has 0 radical (unpaired) electrons. The number of carbonyl (C=O) groups excluding carboxylic acids is 1. The van der Waals surface area contributed by atoms with Gasteiger partial charge in [0.15, 0.2) is 0 Å². The Kier molecular flexibility index (Phi) is 3.67. The van der Waals surface area contributed by atoms with Crippen molar-refractivity contribution in [3.8, 4) is 11.8 Å². The number of hydrogen-bond donors (Lipinski definition) is 1. The van der Waals surface area contributed by atoms with Gasteiger partial charge in [-0.25, -0.2) is 4.79 Å². The first-order chi connectivity index (χ1) is 10.2. The summed E-state index contributed by atoms with van der Waals surface area (Å²) in [6.07, 6.45) is 0. The molecule has 6 heteroatoms. The summed E-state index contributed by atoms with van der Waals surface area (Å²) in [7, 11) is 1.64. The molecule has 0 unspecified atom stereocenters. The molecule has 1 aromatic carbocycles. The summed E-state index contributed by atoms with van der Waals surface area (Å²) >= 11 is 0. The Labute approximate surface area is 123 Å². The Morgan fingerprint density at radius 1 is 1.48 bits per heavy atom. The van der Waals surface area contributed by atoms with E-state index in [4.69, 9.17) is 10.00 Å². The fourth-order valence-corrected chi connectivity index (χ4v) is 3.02. The highest BCUT2D eigenvalue weighted by Crippen LogP contribution is 2.23. The predicted molar refractivity (Wildman–Crippen MR) is 76.9 cm³/mol. The molecule has 1 N–H and O–H groups in total. The third-order valence-electron chi connectivity index (χ3n) is 4.12. The molecular weight excluding hydrogens is 268 g/mol. The molecule has 6 nitrogen and oxygen atoms in total. The molecule has 2 aliphatic heterocycles. The van der Waals surface area contributed by atoms with Gasteiger partial charge in [-0.2, -0.15) is 5.26 Å². The fourth-order valence-electron chi connectivity index (χ4n) is 3.02. The molecule has 2 saturated heterocycles. The van der Waals surface area contributed by atoms with E-state index in [9.17, 15) is 4.79 Å². The van der Waals surface area contributed by atoms with Crippen LogP contribution in [-0.2, 0) is 6.54 Å². The van der Waals surface area contributed by atoms with Crippen LogP contribution < -0.4 is 10.1 Å². The number of nitriles is 1. The van der Waals surface area contributed by atoms with Crippen LogP contribution in [-0.4, -0.2) is 55.2 Å². The van der Waals surface area contributed by atoms with Gasteiger partial charge in [-0.05, 0) is 18.2 Å². The van der Waals surface area contributed by atoms with Crippen LogP contribution in [0.3, 0.4) is 0 Å². The summed E-state index contributed by atoms with van der Waals surface area (Å²) in [4.78, 5) is 15.8.